The van der Waals surface area contributed by atoms with Crippen molar-refractivity contribution in [2.45, 2.75) is 39.0 Å². The topological polar surface area (TPSA) is 70.5 Å². The minimum absolute atomic E-state index is 0.199. The standard InChI is InChI=1S/C18H22FN5O2.C2H6/c1-22-8-5-11(6-9-22)12-3-4-13-16(15(12)19)23(2)21-17(13)24-10-7-14(25)20-18(24)26;1-2/h3-4,11H,5-10H2,1-2H3,(H,20,25,26);1-2H3. The van der Waals surface area contributed by atoms with E-state index in [1.54, 1.807) is 7.05 Å². The lowest BCUT2D eigenvalue weighted by Crippen LogP contribution is -2.49. The van der Waals surface area contributed by atoms with Crippen molar-refractivity contribution in [2.75, 3.05) is 31.6 Å². The number of likely N-dealkylation sites (tertiary alicyclic amines) is 1. The van der Waals surface area contributed by atoms with E-state index in [0.29, 0.717) is 16.7 Å². The number of aryl methyl sites for hydroxylation is 1. The molecule has 1 aromatic heterocycles. The summed E-state index contributed by atoms with van der Waals surface area (Å²) in [5.74, 6) is 0.0280. The molecule has 152 valence electrons. The van der Waals surface area contributed by atoms with Gasteiger partial charge < -0.3 is 4.90 Å². The number of nitrogens with zero attached hydrogens (tertiary/aromatic N) is 4. The third kappa shape index (κ3) is 3.61. The fraction of sp³-hybridized carbons (Fsp3) is 0.550. The molecule has 3 amide bonds. The molecule has 0 aliphatic carbocycles. The molecule has 2 aliphatic rings. The van der Waals surface area contributed by atoms with Gasteiger partial charge in [0.1, 0.15) is 5.52 Å². The number of amides is 3. The summed E-state index contributed by atoms with van der Waals surface area (Å²) >= 11 is 0. The molecule has 2 aliphatic heterocycles. The van der Waals surface area contributed by atoms with Crippen LogP contribution in [-0.2, 0) is 11.8 Å². The first-order valence-corrected chi connectivity index (χ1v) is 9.90. The van der Waals surface area contributed by atoms with Crippen LogP contribution >= 0.6 is 0 Å². The molecule has 0 bridgehead atoms. The zero-order valence-corrected chi connectivity index (χ0v) is 17.0. The monoisotopic (exact) mass is 389 g/mol. The van der Waals surface area contributed by atoms with Crippen LogP contribution in [0.15, 0.2) is 12.1 Å². The van der Waals surface area contributed by atoms with Crippen LogP contribution in [0.1, 0.15) is 44.6 Å². The summed E-state index contributed by atoms with van der Waals surface area (Å²) in [7, 11) is 3.76. The first-order chi connectivity index (χ1) is 13.5. The first-order valence-electron chi connectivity index (χ1n) is 9.90. The largest absolute Gasteiger partial charge is 0.329 e. The minimum Gasteiger partial charge on any atom is -0.306 e. The lowest BCUT2D eigenvalue weighted by Gasteiger charge is -2.29. The van der Waals surface area contributed by atoms with Gasteiger partial charge in [-0.2, -0.15) is 5.10 Å². The third-order valence-electron chi connectivity index (χ3n) is 5.42. The zero-order chi connectivity index (χ0) is 20.4. The number of piperidine rings is 1. The van der Waals surface area contributed by atoms with E-state index in [4.69, 9.17) is 0 Å². The molecule has 2 fully saturated rings. The predicted molar refractivity (Wildman–Crippen MR) is 107 cm³/mol. The molecule has 7 nitrogen and oxygen atoms in total. The van der Waals surface area contributed by atoms with Crippen molar-refractivity contribution in [3.8, 4) is 0 Å². The Bertz CT molecular complexity index is 886. The lowest BCUT2D eigenvalue weighted by molar-refractivity contribution is -0.120. The van der Waals surface area contributed by atoms with Crippen LogP contribution in [0.25, 0.3) is 10.9 Å². The van der Waals surface area contributed by atoms with Gasteiger partial charge >= 0.3 is 6.03 Å². The third-order valence-corrected chi connectivity index (χ3v) is 5.42. The number of carbonyl (C=O) groups excluding carboxylic acids is 2. The number of rotatable bonds is 2. The van der Waals surface area contributed by atoms with Gasteiger partial charge in [-0.05, 0) is 50.5 Å². The quantitative estimate of drug-likeness (QED) is 0.857. The highest BCUT2D eigenvalue weighted by Gasteiger charge is 2.30. The van der Waals surface area contributed by atoms with E-state index in [0.717, 1.165) is 31.5 Å². The molecule has 4 rings (SSSR count). The summed E-state index contributed by atoms with van der Waals surface area (Å²) in [5, 5.41) is 7.24. The second-order valence-electron chi connectivity index (χ2n) is 7.14. The molecule has 0 atom stereocenters. The summed E-state index contributed by atoms with van der Waals surface area (Å²) in [6.45, 7) is 6.16. The maximum atomic E-state index is 15.3. The molecule has 0 saturated carbocycles. The number of imide groups is 1. The molecule has 8 heteroatoms. The smallest absolute Gasteiger partial charge is 0.306 e. The van der Waals surface area contributed by atoms with Crippen molar-refractivity contribution in [3.05, 3.63) is 23.5 Å². The van der Waals surface area contributed by atoms with Crippen LogP contribution in [0.3, 0.4) is 0 Å². The molecule has 1 N–H and O–H groups in total. The Morgan fingerprint density at radius 3 is 2.43 bits per heavy atom. The normalized spacial score (nSPS) is 18.8. The Labute approximate surface area is 164 Å². The molecule has 2 aromatic rings. The molecule has 3 heterocycles. The molecule has 2 saturated heterocycles. The first kappa shape index (κ1) is 20.3. The maximum Gasteiger partial charge on any atom is 0.329 e. The SMILES string of the molecule is CC.CN1CCC(c2ccc3c(N4CCC(=O)NC4=O)nn(C)c3c2F)CC1. The van der Waals surface area contributed by atoms with Gasteiger partial charge in [0, 0.05) is 25.4 Å². The molecule has 28 heavy (non-hydrogen) atoms. The van der Waals surface area contributed by atoms with Crippen molar-refractivity contribution in [3.63, 3.8) is 0 Å². The van der Waals surface area contributed by atoms with Gasteiger partial charge in [0.25, 0.3) is 0 Å². The van der Waals surface area contributed by atoms with E-state index in [-0.39, 0.29) is 30.6 Å². The molecular weight excluding hydrogens is 361 g/mol. The summed E-state index contributed by atoms with van der Waals surface area (Å²) in [5.41, 5.74) is 1.12. The van der Waals surface area contributed by atoms with E-state index in [9.17, 15) is 9.59 Å². The number of fused-ring (bicyclic) bond motifs is 1. The molecule has 1 aromatic carbocycles. The number of nitrogens with one attached hydrogen (secondary N) is 1. The van der Waals surface area contributed by atoms with Crippen molar-refractivity contribution < 1.29 is 14.0 Å². The second-order valence-corrected chi connectivity index (χ2v) is 7.14. The number of anilines is 1. The van der Waals surface area contributed by atoms with Crippen LogP contribution in [0.4, 0.5) is 15.0 Å². The van der Waals surface area contributed by atoms with Crippen LogP contribution in [0.5, 0.6) is 0 Å². The molecule has 0 unspecified atom stereocenters. The summed E-state index contributed by atoms with van der Waals surface area (Å²) < 4.78 is 16.8. The van der Waals surface area contributed by atoms with Gasteiger partial charge in [-0.15, -0.1) is 0 Å². The van der Waals surface area contributed by atoms with E-state index in [1.807, 2.05) is 26.0 Å². The van der Waals surface area contributed by atoms with Gasteiger partial charge in [-0.25, -0.2) is 9.18 Å². The lowest BCUT2D eigenvalue weighted by atomic mass is 9.88. The van der Waals surface area contributed by atoms with Crippen molar-refractivity contribution in [1.82, 2.24) is 20.0 Å². The molecule has 0 radical (unpaired) electrons. The van der Waals surface area contributed by atoms with Gasteiger partial charge in [0.05, 0.1) is 0 Å². The highest BCUT2D eigenvalue weighted by atomic mass is 19.1. The Balaban J connectivity index is 0.00000109. The number of hydrogen-bond acceptors (Lipinski definition) is 4. The number of carbonyl (C=O) groups is 2. The van der Waals surface area contributed by atoms with Crippen LogP contribution in [-0.4, -0.2) is 53.3 Å². The van der Waals surface area contributed by atoms with Crippen molar-refractivity contribution in [1.29, 1.82) is 0 Å². The van der Waals surface area contributed by atoms with E-state index in [1.165, 1.54) is 9.58 Å². The Morgan fingerprint density at radius 2 is 1.79 bits per heavy atom. The molecular formula is C20H28FN5O2. The summed E-state index contributed by atoms with van der Waals surface area (Å²) in [6, 6.07) is 3.16. The number of aromatic nitrogens is 2. The number of hydrogen-bond donors (Lipinski definition) is 1. The number of benzene rings is 1. The van der Waals surface area contributed by atoms with Gasteiger partial charge in [-0.1, -0.05) is 19.9 Å². The number of urea groups is 1. The van der Waals surface area contributed by atoms with Crippen molar-refractivity contribution in [2.24, 2.45) is 7.05 Å². The maximum absolute atomic E-state index is 15.3. The number of halogens is 1. The van der Waals surface area contributed by atoms with Crippen LogP contribution < -0.4 is 10.2 Å². The fourth-order valence-corrected chi connectivity index (χ4v) is 3.92. The van der Waals surface area contributed by atoms with Gasteiger partial charge in [-0.3, -0.25) is 19.7 Å². The van der Waals surface area contributed by atoms with Gasteiger partial charge in [0.2, 0.25) is 5.91 Å². The highest BCUT2D eigenvalue weighted by Crippen LogP contribution is 2.35. The Morgan fingerprint density at radius 1 is 1.11 bits per heavy atom. The van der Waals surface area contributed by atoms with Crippen molar-refractivity contribution >= 4 is 28.7 Å². The van der Waals surface area contributed by atoms with Crippen LogP contribution in [0.2, 0.25) is 0 Å². The van der Waals surface area contributed by atoms with Gasteiger partial charge in [0.15, 0.2) is 11.6 Å². The highest BCUT2D eigenvalue weighted by molar-refractivity contribution is 6.08. The predicted octanol–water partition coefficient (Wildman–Crippen LogP) is 2.99. The Kier molecular flexibility index (Phi) is 5.98. The average Bonchev–Trinajstić information content (AvgIpc) is 3.02. The second kappa shape index (κ2) is 8.26. The summed E-state index contributed by atoms with van der Waals surface area (Å²) in [6.07, 6.45) is 2.07. The molecule has 0 spiro atoms. The minimum atomic E-state index is -0.513. The average molecular weight is 389 g/mol. The fourth-order valence-electron chi connectivity index (χ4n) is 3.92. The zero-order valence-electron chi connectivity index (χ0n) is 17.0. The van der Waals surface area contributed by atoms with E-state index < -0.39 is 6.03 Å². The van der Waals surface area contributed by atoms with Crippen LogP contribution in [0, 0.1) is 5.82 Å². The van der Waals surface area contributed by atoms with E-state index in [2.05, 4.69) is 22.4 Å². The van der Waals surface area contributed by atoms with E-state index >= 15 is 4.39 Å². The Hall–Kier alpha value is -2.48. The summed E-state index contributed by atoms with van der Waals surface area (Å²) in [4.78, 5) is 27.2.